The normalized spacial score (nSPS) is 19.4. The van der Waals surface area contributed by atoms with Gasteiger partial charge < -0.3 is 9.47 Å². The molecule has 1 saturated heterocycles. The zero-order valence-corrected chi connectivity index (χ0v) is 15.7. The van der Waals surface area contributed by atoms with Crippen LogP contribution in [0.3, 0.4) is 0 Å². The third-order valence-electron chi connectivity index (χ3n) is 5.32. The van der Waals surface area contributed by atoms with E-state index in [1.807, 2.05) is 11.6 Å². The third kappa shape index (κ3) is 3.20. The number of pyridine rings is 2. The maximum absolute atomic E-state index is 13.3. The second-order valence-corrected chi connectivity index (χ2v) is 7.10. The molecule has 7 nitrogen and oxygen atoms in total. The number of rotatable bonds is 3. The van der Waals surface area contributed by atoms with Crippen LogP contribution >= 0.6 is 0 Å². The number of anilines is 1. The Morgan fingerprint density at radius 1 is 1.25 bits per heavy atom. The molecule has 4 rings (SSSR count). The van der Waals surface area contributed by atoms with Crippen molar-refractivity contribution in [2.45, 2.75) is 31.7 Å². The van der Waals surface area contributed by atoms with Crippen molar-refractivity contribution < 1.29 is 4.39 Å². The lowest BCUT2D eigenvalue weighted by Crippen LogP contribution is -2.41. The minimum Gasteiger partial charge on any atom is -0.366 e. The fourth-order valence-corrected chi connectivity index (χ4v) is 3.96. The van der Waals surface area contributed by atoms with E-state index in [9.17, 15) is 9.65 Å². The molecular weight excluding hydrogens is 357 g/mol. The molecule has 142 valence electrons. The van der Waals surface area contributed by atoms with Crippen LogP contribution in [0.25, 0.3) is 11.3 Å². The Hall–Kier alpha value is -3.34. The Kier molecular flexibility index (Phi) is 4.74. The summed E-state index contributed by atoms with van der Waals surface area (Å²) in [5, 5.41) is 17.9. The van der Waals surface area contributed by atoms with Crippen LogP contribution in [0.2, 0.25) is 0 Å². The van der Waals surface area contributed by atoms with E-state index in [1.165, 1.54) is 12.3 Å². The zero-order valence-electron chi connectivity index (χ0n) is 15.7. The van der Waals surface area contributed by atoms with Crippen molar-refractivity contribution in [2.75, 3.05) is 11.4 Å². The molecule has 0 amide bonds. The molecule has 8 heteroatoms. The van der Waals surface area contributed by atoms with Gasteiger partial charge in [-0.1, -0.05) is 0 Å². The van der Waals surface area contributed by atoms with E-state index in [1.54, 1.807) is 24.7 Å². The number of hydrogen-bond acceptors (Lipinski definition) is 6. The molecule has 0 bridgehead atoms. The smallest absolute Gasteiger partial charge is 0.212 e. The summed E-state index contributed by atoms with van der Waals surface area (Å²) in [7, 11) is 1.96. The molecule has 1 aliphatic heterocycles. The van der Waals surface area contributed by atoms with Crippen LogP contribution in [0, 0.1) is 17.3 Å². The summed E-state index contributed by atoms with van der Waals surface area (Å²) in [4.78, 5) is 10.5. The fraction of sp³-hybridized carbons (Fsp3) is 0.350. The van der Waals surface area contributed by atoms with Gasteiger partial charge in [-0.2, -0.15) is 9.65 Å². The summed E-state index contributed by atoms with van der Waals surface area (Å²) in [6.45, 7) is 2.91. The number of piperidine rings is 1. The van der Waals surface area contributed by atoms with E-state index in [0.717, 1.165) is 30.9 Å². The molecule has 3 aromatic rings. The second-order valence-electron chi connectivity index (χ2n) is 7.10. The van der Waals surface area contributed by atoms with Gasteiger partial charge in [0.2, 0.25) is 5.95 Å². The molecular formula is C20H20FN7. The molecule has 2 atom stereocenters. The molecule has 0 radical (unpaired) electrons. The van der Waals surface area contributed by atoms with Gasteiger partial charge in [-0.05, 0) is 38.0 Å². The van der Waals surface area contributed by atoms with Gasteiger partial charge >= 0.3 is 0 Å². The fourth-order valence-electron chi connectivity index (χ4n) is 3.96. The van der Waals surface area contributed by atoms with E-state index in [-0.39, 0.29) is 6.04 Å². The molecule has 0 spiro atoms. The topological polar surface area (TPSA) is 83.5 Å². The monoisotopic (exact) mass is 377 g/mol. The number of hydrogen-bond donors (Lipinski definition) is 0. The van der Waals surface area contributed by atoms with Crippen LogP contribution in [0.5, 0.6) is 0 Å². The quantitative estimate of drug-likeness (QED) is 0.653. The van der Waals surface area contributed by atoms with E-state index in [0.29, 0.717) is 22.7 Å². The van der Waals surface area contributed by atoms with E-state index >= 15 is 0 Å². The number of nitrogens with zero attached hydrogens (tertiary/aromatic N) is 7. The van der Waals surface area contributed by atoms with Crippen LogP contribution in [0.4, 0.5) is 10.1 Å². The lowest BCUT2D eigenvalue weighted by Gasteiger charge is -2.40. The molecule has 0 aliphatic carbocycles. The van der Waals surface area contributed by atoms with Gasteiger partial charge in [-0.3, -0.25) is 4.98 Å². The van der Waals surface area contributed by atoms with Crippen LogP contribution < -0.4 is 4.90 Å². The van der Waals surface area contributed by atoms with Crippen molar-refractivity contribution in [1.82, 2.24) is 24.7 Å². The predicted molar refractivity (Wildman–Crippen MR) is 102 cm³/mol. The Balaban J connectivity index is 1.70. The maximum atomic E-state index is 13.3. The SMILES string of the molecule is CC1CC(c2nncn2C)CCN1c1c(C#N)ccnc1-c1ccc(F)nc1. The number of aromatic nitrogens is 5. The van der Waals surface area contributed by atoms with E-state index < -0.39 is 5.95 Å². The minimum atomic E-state index is -0.542. The highest BCUT2D eigenvalue weighted by molar-refractivity contribution is 5.79. The molecule has 1 aliphatic rings. The van der Waals surface area contributed by atoms with Crippen LogP contribution in [0.1, 0.15) is 37.1 Å². The lowest BCUT2D eigenvalue weighted by molar-refractivity contribution is 0.411. The summed E-state index contributed by atoms with van der Waals surface area (Å²) < 4.78 is 15.2. The van der Waals surface area contributed by atoms with Crippen molar-refractivity contribution in [1.29, 1.82) is 5.26 Å². The lowest BCUT2D eigenvalue weighted by atomic mass is 9.89. The molecule has 0 N–H and O–H groups in total. The summed E-state index contributed by atoms with van der Waals surface area (Å²) in [5.74, 6) is 0.762. The largest absolute Gasteiger partial charge is 0.366 e. The maximum Gasteiger partial charge on any atom is 0.212 e. The van der Waals surface area contributed by atoms with Crippen molar-refractivity contribution >= 4 is 5.69 Å². The first-order chi connectivity index (χ1) is 13.6. The Labute approximate surface area is 162 Å². The van der Waals surface area contributed by atoms with Crippen molar-refractivity contribution in [2.24, 2.45) is 7.05 Å². The number of nitriles is 1. The van der Waals surface area contributed by atoms with E-state index in [4.69, 9.17) is 0 Å². The van der Waals surface area contributed by atoms with Gasteiger partial charge in [-0.15, -0.1) is 10.2 Å². The van der Waals surface area contributed by atoms with Crippen molar-refractivity contribution in [3.8, 4) is 17.3 Å². The highest BCUT2D eigenvalue weighted by Crippen LogP contribution is 2.38. The average molecular weight is 377 g/mol. The summed E-state index contributed by atoms with van der Waals surface area (Å²) in [6, 6.07) is 7.13. The molecule has 3 aromatic heterocycles. The standard InChI is InChI=1S/C20H20FN7/c1-13-9-14(20-26-25-12-27(20)2)6-8-28(13)19-15(10-22)5-7-23-18(19)16-3-4-17(21)24-11-16/h3-5,7,11-14H,6,8-9H2,1-2H3. The predicted octanol–water partition coefficient (Wildman–Crippen LogP) is 3.06. The minimum absolute atomic E-state index is 0.180. The highest BCUT2D eigenvalue weighted by Gasteiger charge is 2.32. The molecule has 2 unspecified atom stereocenters. The first-order valence-corrected chi connectivity index (χ1v) is 9.20. The van der Waals surface area contributed by atoms with Crippen LogP contribution in [-0.4, -0.2) is 37.3 Å². The van der Waals surface area contributed by atoms with Gasteiger partial charge in [0.05, 0.1) is 16.9 Å². The Morgan fingerprint density at radius 2 is 2.11 bits per heavy atom. The van der Waals surface area contributed by atoms with Gasteiger partial charge in [0.25, 0.3) is 0 Å². The summed E-state index contributed by atoms with van der Waals surface area (Å²) >= 11 is 0. The Morgan fingerprint density at radius 3 is 2.75 bits per heavy atom. The molecule has 0 aromatic carbocycles. The van der Waals surface area contributed by atoms with Crippen LogP contribution in [-0.2, 0) is 7.05 Å². The number of aryl methyl sites for hydroxylation is 1. The first-order valence-electron chi connectivity index (χ1n) is 9.20. The Bertz CT molecular complexity index is 1020. The average Bonchev–Trinajstić information content (AvgIpc) is 3.14. The van der Waals surface area contributed by atoms with Crippen molar-refractivity contribution in [3.63, 3.8) is 0 Å². The molecule has 1 fully saturated rings. The third-order valence-corrected chi connectivity index (χ3v) is 5.32. The molecule has 0 saturated carbocycles. The van der Waals surface area contributed by atoms with E-state index in [2.05, 4.69) is 38.1 Å². The summed E-state index contributed by atoms with van der Waals surface area (Å²) in [6.07, 6.45) is 6.59. The molecule has 28 heavy (non-hydrogen) atoms. The van der Waals surface area contributed by atoms with Gasteiger partial charge in [0.1, 0.15) is 18.2 Å². The van der Waals surface area contributed by atoms with Crippen molar-refractivity contribution in [3.05, 3.63) is 54.3 Å². The van der Waals surface area contributed by atoms with Crippen LogP contribution in [0.15, 0.2) is 36.9 Å². The summed E-state index contributed by atoms with van der Waals surface area (Å²) in [5.41, 5.74) is 2.67. The van der Waals surface area contributed by atoms with Gasteiger partial charge in [-0.25, -0.2) is 4.98 Å². The zero-order chi connectivity index (χ0) is 19.7. The molecule has 4 heterocycles. The highest BCUT2D eigenvalue weighted by atomic mass is 19.1. The number of halogens is 1. The van der Waals surface area contributed by atoms with Gasteiger partial charge in [0.15, 0.2) is 0 Å². The second kappa shape index (κ2) is 7.35. The van der Waals surface area contributed by atoms with Gasteiger partial charge in [0, 0.05) is 43.5 Å². The first kappa shape index (κ1) is 18.0.